The lowest BCUT2D eigenvalue weighted by molar-refractivity contribution is -0.127. The Morgan fingerprint density at radius 1 is 1.25 bits per heavy atom. The van der Waals surface area contributed by atoms with E-state index in [0.717, 1.165) is 15.8 Å². The number of carbonyl (C=O) groups is 1. The first-order chi connectivity index (χ1) is 11.6. The Balaban J connectivity index is 1.91. The molecule has 0 saturated carbocycles. The topological polar surface area (TPSA) is 59.9 Å². The second-order valence-corrected chi connectivity index (χ2v) is 5.83. The van der Waals surface area contributed by atoms with Gasteiger partial charge in [0.1, 0.15) is 11.5 Å². The summed E-state index contributed by atoms with van der Waals surface area (Å²) in [6, 6.07) is 14.8. The number of benzene rings is 2. The highest BCUT2D eigenvalue weighted by molar-refractivity contribution is 9.10. The molecule has 0 aliphatic carbocycles. The average molecular weight is 391 g/mol. The van der Waals surface area contributed by atoms with Crippen molar-refractivity contribution in [3.63, 3.8) is 0 Å². The second-order valence-electron chi connectivity index (χ2n) is 4.92. The van der Waals surface area contributed by atoms with Crippen molar-refractivity contribution < 1.29 is 14.3 Å². The predicted octanol–water partition coefficient (Wildman–Crippen LogP) is 3.77. The number of para-hydroxylation sites is 1. The molecule has 1 atom stereocenters. The summed E-state index contributed by atoms with van der Waals surface area (Å²) in [6.07, 6.45) is 0.889. The molecule has 0 aromatic heterocycles. The van der Waals surface area contributed by atoms with Crippen LogP contribution in [0.4, 0.5) is 0 Å². The first kappa shape index (κ1) is 18.0. The average Bonchev–Trinajstić information content (AvgIpc) is 2.58. The van der Waals surface area contributed by atoms with Crippen molar-refractivity contribution in [2.45, 2.75) is 20.0 Å². The van der Waals surface area contributed by atoms with Crippen LogP contribution in [0.2, 0.25) is 0 Å². The molecule has 5 nitrogen and oxygen atoms in total. The molecule has 24 heavy (non-hydrogen) atoms. The number of hydrogen-bond donors (Lipinski definition) is 1. The Morgan fingerprint density at radius 2 is 1.96 bits per heavy atom. The van der Waals surface area contributed by atoms with Crippen LogP contribution in [0.3, 0.4) is 0 Å². The summed E-state index contributed by atoms with van der Waals surface area (Å²) in [5, 5.41) is 3.97. The quantitative estimate of drug-likeness (QED) is 0.578. The zero-order valence-corrected chi connectivity index (χ0v) is 15.1. The summed E-state index contributed by atoms with van der Waals surface area (Å²) in [4.78, 5) is 12.0. The summed E-state index contributed by atoms with van der Waals surface area (Å²) in [5.74, 6) is 1.01. The summed E-state index contributed by atoms with van der Waals surface area (Å²) in [7, 11) is 0. The third-order valence-electron chi connectivity index (χ3n) is 3.09. The largest absolute Gasteiger partial charge is 0.493 e. The molecular weight excluding hydrogens is 372 g/mol. The molecule has 2 aromatic rings. The minimum absolute atomic E-state index is 0.331. The van der Waals surface area contributed by atoms with Crippen molar-refractivity contribution >= 4 is 28.1 Å². The van der Waals surface area contributed by atoms with Crippen LogP contribution in [-0.4, -0.2) is 24.8 Å². The van der Waals surface area contributed by atoms with E-state index in [1.807, 2.05) is 43.3 Å². The van der Waals surface area contributed by atoms with Gasteiger partial charge in [0.2, 0.25) is 0 Å². The second kappa shape index (κ2) is 9.08. The highest BCUT2D eigenvalue weighted by Gasteiger charge is 2.13. The van der Waals surface area contributed by atoms with Gasteiger partial charge in [-0.25, -0.2) is 5.43 Å². The van der Waals surface area contributed by atoms with E-state index in [1.54, 1.807) is 25.3 Å². The van der Waals surface area contributed by atoms with Gasteiger partial charge in [0.15, 0.2) is 6.10 Å². The van der Waals surface area contributed by atoms with E-state index >= 15 is 0 Å². The van der Waals surface area contributed by atoms with Crippen LogP contribution in [0.15, 0.2) is 58.1 Å². The maximum absolute atomic E-state index is 12.0. The summed E-state index contributed by atoms with van der Waals surface area (Å²) in [5.41, 5.74) is 3.27. The highest BCUT2D eigenvalue weighted by Crippen LogP contribution is 2.17. The molecule has 6 heteroatoms. The molecule has 0 saturated heterocycles. The monoisotopic (exact) mass is 390 g/mol. The van der Waals surface area contributed by atoms with Crippen LogP contribution in [0.1, 0.15) is 19.4 Å². The number of nitrogens with one attached hydrogen (secondary N) is 1. The maximum atomic E-state index is 12.0. The van der Waals surface area contributed by atoms with Gasteiger partial charge < -0.3 is 9.47 Å². The van der Waals surface area contributed by atoms with Crippen LogP contribution < -0.4 is 14.9 Å². The van der Waals surface area contributed by atoms with E-state index in [1.165, 1.54) is 0 Å². The predicted molar refractivity (Wildman–Crippen MR) is 97.6 cm³/mol. The normalized spacial score (nSPS) is 12.0. The standard InChI is InChI=1S/C18H19BrN2O3/c1-3-23-17-7-5-4-6-14(17)12-20-21-18(22)13(2)24-16-10-8-15(19)9-11-16/h4-13H,3H2,1-2H3,(H,21,22)/b20-12-/t13-/m0/s1. The first-order valence-corrected chi connectivity index (χ1v) is 8.36. The van der Waals surface area contributed by atoms with Crippen LogP contribution >= 0.6 is 15.9 Å². The Bertz CT molecular complexity index is 702. The third kappa shape index (κ3) is 5.38. The number of amides is 1. The number of carbonyl (C=O) groups excluding carboxylic acids is 1. The minimum Gasteiger partial charge on any atom is -0.493 e. The molecule has 0 heterocycles. The lowest BCUT2D eigenvalue weighted by Crippen LogP contribution is -2.33. The smallest absolute Gasteiger partial charge is 0.280 e. The van der Waals surface area contributed by atoms with Crippen molar-refractivity contribution in [3.8, 4) is 11.5 Å². The van der Waals surface area contributed by atoms with Gasteiger partial charge in [-0.1, -0.05) is 28.1 Å². The van der Waals surface area contributed by atoms with Crippen molar-refractivity contribution in [2.75, 3.05) is 6.61 Å². The molecule has 0 aliphatic heterocycles. The maximum Gasteiger partial charge on any atom is 0.280 e. The number of hydrazone groups is 1. The number of rotatable bonds is 7. The van der Waals surface area contributed by atoms with Gasteiger partial charge in [0.25, 0.3) is 5.91 Å². The fourth-order valence-corrected chi connectivity index (χ4v) is 2.17. The number of halogens is 1. The van der Waals surface area contributed by atoms with Crippen LogP contribution in [0.25, 0.3) is 0 Å². The van der Waals surface area contributed by atoms with E-state index in [0.29, 0.717) is 12.4 Å². The van der Waals surface area contributed by atoms with Crippen molar-refractivity contribution in [1.29, 1.82) is 0 Å². The van der Waals surface area contributed by atoms with E-state index in [-0.39, 0.29) is 5.91 Å². The van der Waals surface area contributed by atoms with Gasteiger partial charge in [0.05, 0.1) is 12.8 Å². The molecule has 126 valence electrons. The van der Waals surface area contributed by atoms with Gasteiger partial charge in [0, 0.05) is 10.0 Å². The van der Waals surface area contributed by atoms with Crippen molar-refractivity contribution in [2.24, 2.45) is 5.10 Å². The summed E-state index contributed by atoms with van der Waals surface area (Å²) >= 11 is 3.35. The molecule has 1 N–H and O–H groups in total. The van der Waals surface area contributed by atoms with Crippen molar-refractivity contribution in [1.82, 2.24) is 5.43 Å². The number of nitrogens with zero attached hydrogens (tertiary/aromatic N) is 1. The summed E-state index contributed by atoms with van der Waals surface area (Å²) < 4.78 is 12.0. The van der Waals surface area contributed by atoms with Crippen LogP contribution in [0.5, 0.6) is 11.5 Å². The Kier molecular flexibility index (Phi) is 6.81. The van der Waals surface area contributed by atoms with Crippen LogP contribution in [-0.2, 0) is 4.79 Å². The molecule has 0 aliphatic rings. The van der Waals surface area contributed by atoms with E-state index in [2.05, 4.69) is 26.5 Å². The van der Waals surface area contributed by atoms with Crippen molar-refractivity contribution in [3.05, 3.63) is 58.6 Å². The lowest BCUT2D eigenvalue weighted by atomic mass is 10.2. The Labute approximate surface area is 149 Å². The molecular formula is C18H19BrN2O3. The van der Waals surface area contributed by atoms with E-state index in [4.69, 9.17) is 9.47 Å². The molecule has 1 amide bonds. The molecule has 0 radical (unpaired) electrons. The van der Waals surface area contributed by atoms with Crippen LogP contribution in [0, 0.1) is 0 Å². The number of hydrogen-bond acceptors (Lipinski definition) is 4. The SMILES string of the molecule is CCOc1ccccc1/C=N\NC(=O)[C@H](C)Oc1ccc(Br)cc1. The number of ether oxygens (including phenoxy) is 2. The molecule has 0 spiro atoms. The fraction of sp³-hybridized carbons (Fsp3) is 0.222. The van der Waals surface area contributed by atoms with E-state index < -0.39 is 6.10 Å². The Morgan fingerprint density at radius 3 is 2.67 bits per heavy atom. The van der Waals surface area contributed by atoms with Gasteiger partial charge >= 0.3 is 0 Å². The van der Waals surface area contributed by atoms with Gasteiger partial charge in [-0.2, -0.15) is 5.10 Å². The molecule has 0 unspecified atom stereocenters. The summed E-state index contributed by atoms with van der Waals surface area (Å²) in [6.45, 7) is 4.15. The zero-order chi connectivity index (χ0) is 17.4. The minimum atomic E-state index is -0.662. The third-order valence-corrected chi connectivity index (χ3v) is 3.62. The molecule has 2 aromatic carbocycles. The lowest BCUT2D eigenvalue weighted by Gasteiger charge is -2.13. The molecule has 2 rings (SSSR count). The fourth-order valence-electron chi connectivity index (χ4n) is 1.90. The molecule has 0 bridgehead atoms. The zero-order valence-electron chi connectivity index (χ0n) is 13.5. The molecule has 0 fully saturated rings. The van der Waals surface area contributed by atoms with Gasteiger partial charge in [-0.3, -0.25) is 4.79 Å². The van der Waals surface area contributed by atoms with E-state index in [9.17, 15) is 4.79 Å². The highest BCUT2D eigenvalue weighted by atomic mass is 79.9. The van der Waals surface area contributed by atoms with Gasteiger partial charge in [-0.05, 0) is 50.2 Å². The first-order valence-electron chi connectivity index (χ1n) is 7.57. The van der Waals surface area contributed by atoms with Gasteiger partial charge in [-0.15, -0.1) is 0 Å². The Hall–Kier alpha value is -2.34.